The second kappa shape index (κ2) is 8.02. The number of aromatic hydroxyl groups is 1. The van der Waals surface area contributed by atoms with Crippen molar-refractivity contribution in [1.29, 1.82) is 0 Å². The topological polar surface area (TPSA) is 150 Å². The number of nitrogens with one attached hydrogen (secondary N) is 3. The zero-order valence-electron chi connectivity index (χ0n) is 16.8. The number of benzene rings is 1. The van der Waals surface area contributed by atoms with Crippen molar-refractivity contribution in [2.45, 2.75) is 25.5 Å². The number of hydrogen-bond donors (Lipinski definition) is 4. The maximum Gasteiger partial charge on any atom is 0.413 e. The number of fused-ring (bicyclic) bond motifs is 1. The van der Waals surface area contributed by atoms with Gasteiger partial charge in [0.05, 0.1) is 12.2 Å². The van der Waals surface area contributed by atoms with E-state index in [-0.39, 0.29) is 30.0 Å². The van der Waals surface area contributed by atoms with Crippen LogP contribution in [0.15, 0.2) is 52.4 Å². The lowest BCUT2D eigenvalue weighted by molar-refractivity contribution is 0.155. The second-order valence-corrected chi connectivity index (χ2v) is 7.37. The summed E-state index contributed by atoms with van der Waals surface area (Å²) < 4.78 is 6.82. The Bertz CT molecular complexity index is 1470. The zero-order valence-corrected chi connectivity index (χ0v) is 16.8. The van der Waals surface area contributed by atoms with Crippen LogP contribution >= 0.6 is 0 Å². The van der Waals surface area contributed by atoms with Gasteiger partial charge < -0.3 is 14.8 Å². The highest BCUT2D eigenvalue weighted by Gasteiger charge is 2.20. The van der Waals surface area contributed by atoms with Gasteiger partial charge in [0.25, 0.3) is 0 Å². The Balaban J connectivity index is 1.49. The van der Waals surface area contributed by atoms with Crippen molar-refractivity contribution in [3.05, 3.63) is 75.0 Å². The van der Waals surface area contributed by atoms with E-state index in [0.717, 1.165) is 18.4 Å². The SMILES string of the molecule is O=C(Nc1cc(=NC2CC2)n2nc/c(=C\c3[nH]c(=O)[nH]c3O)c2n1)OCc1ccccc1. The molecule has 0 aliphatic heterocycles. The Labute approximate surface area is 180 Å². The van der Waals surface area contributed by atoms with Crippen LogP contribution in [-0.2, 0) is 11.3 Å². The van der Waals surface area contributed by atoms with Crippen molar-refractivity contribution in [2.24, 2.45) is 4.99 Å². The fraction of sp³-hybridized carbons (Fsp3) is 0.190. The van der Waals surface area contributed by atoms with Crippen LogP contribution < -0.4 is 21.7 Å². The molecule has 32 heavy (non-hydrogen) atoms. The van der Waals surface area contributed by atoms with Crippen molar-refractivity contribution in [3.8, 4) is 5.88 Å². The van der Waals surface area contributed by atoms with Crippen LogP contribution in [0.25, 0.3) is 11.7 Å². The molecule has 11 nitrogen and oxygen atoms in total. The van der Waals surface area contributed by atoms with Gasteiger partial charge in [0.15, 0.2) is 11.1 Å². The highest BCUT2D eigenvalue weighted by Crippen LogP contribution is 2.22. The predicted molar refractivity (Wildman–Crippen MR) is 114 cm³/mol. The molecule has 3 aromatic heterocycles. The van der Waals surface area contributed by atoms with Crippen molar-refractivity contribution in [3.63, 3.8) is 0 Å². The minimum Gasteiger partial charge on any atom is -0.493 e. The van der Waals surface area contributed by atoms with E-state index in [4.69, 9.17) is 4.74 Å². The number of carbonyl (C=O) groups excluding carboxylic acids is 1. The Hall–Kier alpha value is -4.41. The van der Waals surface area contributed by atoms with Crippen molar-refractivity contribution in [1.82, 2.24) is 24.6 Å². The van der Waals surface area contributed by atoms with Crippen LogP contribution in [-0.4, -0.2) is 41.8 Å². The normalized spacial score (nSPS) is 14.8. The van der Waals surface area contributed by atoms with Crippen LogP contribution in [0.4, 0.5) is 10.6 Å². The number of hydrogen-bond acceptors (Lipinski definition) is 7. The number of anilines is 1. The van der Waals surface area contributed by atoms with Gasteiger partial charge in [-0.15, -0.1) is 0 Å². The molecule has 4 aromatic rings. The number of carbonyl (C=O) groups is 1. The molecule has 0 atom stereocenters. The van der Waals surface area contributed by atoms with Crippen molar-refractivity contribution >= 4 is 23.6 Å². The van der Waals surface area contributed by atoms with Gasteiger partial charge in [-0.25, -0.2) is 14.6 Å². The Morgan fingerprint density at radius 1 is 1.31 bits per heavy atom. The van der Waals surface area contributed by atoms with Gasteiger partial charge in [0, 0.05) is 11.3 Å². The highest BCUT2D eigenvalue weighted by atomic mass is 16.5. The average molecular weight is 433 g/mol. The first-order valence-corrected chi connectivity index (χ1v) is 9.98. The summed E-state index contributed by atoms with van der Waals surface area (Å²) in [5, 5.41) is 17.3. The largest absolute Gasteiger partial charge is 0.493 e. The molecule has 1 aliphatic carbocycles. The van der Waals surface area contributed by atoms with Crippen LogP contribution in [0.3, 0.4) is 0 Å². The lowest BCUT2D eigenvalue weighted by Crippen LogP contribution is -2.22. The monoisotopic (exact) mass is 433 g/mol. The van der Waals surface area contributed by atoms with E-state index in [9.17, 15) is 14.7 Å². The number of amides is 1. The van der Waals surface area contributed by atoms with E-state index in [0.29, 0.717) is 16.4 Å². The molecule has 4 N–H and O–H groups in total. The number of nitrogens with zero attached hydrogens (tertiary/aromatic N) is 4. The predicted octanol–water partition coefficient (Wildman–Crippen LogP) is 0.811. The van der Waals surface area contributed by atoms with E-state index in [1.165, 1.54) is 12.3 Å². The molecule has 1 amide bonds. The second-order valence-electron chi connectivity index (χ2n) is 7.37. The Morgan fingerprint density at radius 3 is 2.84 bits per heavy atom. The fourth-order valence-corrected chi connectivity index (χ4v) is 3.12. The summed E-state index contributed by atoms with van der Waals surface area (Å²) in [4.78, 5) is 37.6. The lowest BCUT2D eigenvalue weighted by atomic mass is 10.2. The van der Waals surface area contributed by atoms with Crippen molar-refractivity contribution < 1.29 is 14.6 Å². The first-order chi connectivity index (χ1) is 15.5. The Kier molecular flexibility index (Phi) is 4.90. The number of H-pyrrole nitrogens is 2. The zero-order chi connectivity index (χ0) is 22.1. The Morgan fingerprint density at radius 2 is 2.12 bits per heavy atom. The molecule has 3 heterocycles. The molecule has 162 valence electrons. The molecule has 1 saturated carbocycles. The van der Waals surface area contributed by atoms with Gasteiger partial charge in [-0.1, -0.05) is 30.3 Å². The van der Waals surface area contributed by atoms with E-state index >= 15 is 0 Å². The van der Waals surface area contributed by atoms with Crippen LogP contribution in [0.5, 0.6) is 5.88 Å². The van der Waals surface area contributed by atoms with Gasteiger partial charge in [-0.2, -0.15) is 9.61 Å². The summed E-state index contributed by atoms with van der Waals surface area (Å²) in [5.41, 5.74) is 1.44. The van der Waals surface area contributed by atoms with Gasteiger partial charge in [0.2, 0.25) is 5.88 Å². The van der Waals surface area contributed by atoms with E-state index < -0.39 is 11.8 Å². The molecule has 0 bridgehead atoms. The summed E-state index contributed by atoms with van der Waals surface area (Å²) in [6, 6.07) is 11.2. The summed E-state index contributed by atoms with van der Waals surface area (Å²) in [6.07, 6.45) is 4.40. The van der Waals surface area contributed by atoms with Crippen molar-refractivity contribution in [2.75, 3.05) is 5.32 Å². The fourth-order valence-electron chi connectivity index (χ4n) is 3.12. The minimum atomic E-state index is -0.652. The summed E-state index contributed by atoms with van der Waals surface area (Å²) in [7, 11) is 0. The lowest BCUT2D eigenvalue weighted by Gasteiger charge is -2.07. The van der Waals surface area contributed by atoms with Crippen LogP contribution in [0, 0.1) is 0 Å². The molecule has 1 aromatic carbocycles. The maximum atomic E-state index is 12.3. The van der Waals surface area contributed by atoms with Gasteiger partial charge in [-0.3, -0.25) is 15.3 Å². The van der Waals surface area contributed by atoms with Gasteiger partial charge in [0.1, 0.15) is 18.1 Å². The number of rotatable bonds is 5. The maximum absolute atomic E-state index is 12.3. The summed E-state index contributed by atoms with van der Waals surface area (Å²) >= 11 is 0. The molecule has 1 aliphatic rings. The quantitative estimate of drug-likeness (QED) is 0.366. The van der Waals surface area contributed by atoms with E-state index in [1.807, 2.05) is 30.3 Å². The molecular weight excluding hydrogens is 414 g/mol. The first-order valence-electron chi connectivity index (χ1n) is 9.98. The molecule has 0 radical (unpaired) electrons. The molecular formula is C21H19N7O4. The summed E-state index contributed by atoms with van der Waals surface area (Å²) in [6.45, 7) is 0.125. The van der Waals surface area contributed by atoms with Gasteiger partial charge in [-0.05, 0) is 24.5 Å². The third-order valence-corrected chi connectivity index (χ3v) is 4.82. The summed E-state index contributed by atoms with van der Waals surface area (Å²) in [5.74, 6) is -0.0482. The molecule has 1 fully saturated rings. The first kappa shape index (κ1) is 19.5. The van der Waals surface area contributed by atoms with Gasteiger partial charge >= 0.3 is 11.8 Å². The molecule has 11 heteroatoms. The number of aromatic amines is 2. The smallest absolute Gasteiger partial charge is 0.413 e. The standard InChI is InChI=1S/C21H19N7O4/c29-19-15(24-20(30)27-19)8-13-10-22-28-17(23-14-6-7-14)9-16(25-18(13)28)26-21(31)32-11-12-4-2-1-3-5-12/h1-5,8-10,14,29H,6-7,11H2,(H,26,31)(H2,24,27,30)/b13-8+,23-17?. The van der Waals surface area contributed by atoms with Crippen LogP contribution in [0.1, 0.15) is 24.1 Å². The number of ether oxygens (including phenoxy) is 1. The third-order valence-electron chi connectivity index (χ3n) is 4.82. The van der Waals surface area contributed by atoms with E-state index in [2.05, 4.69) is 30.4 Å². The molecule has 5 rings (SSSR count). The molecule has 0 spiro atoms. The highest BCUT2D eigenvalue weighted by molar-refractivity contribution is 5.83. The average Bonchev–Trinajstić information content (AvgIpc) is 3.41. The van der Waals surface area contributed by atoms with E-state index in [1.54, 1.807) is 10.6 Å². The minimum absolute atomic E-state index is 0.125. The van der Waals surface area contributed by atoms with Crippen LogP contribution in [0.2, 0.25) is 0 Å². The number of imidazole rings is 1. The molecule has 0 unspecified atom stereocenters. The molecule has 0 saturated heterocycles. The third kappa shape index (κ3) is 4.21. The number of aromatic nitrogens is 5.